The van der Waals surface area contributed by atoms with Gasteiger partial charge in [-0.25, -0.2) is 4.79 Å². The van der Waals surface area contributed by atoms with Crippen molar-refractivity contribution in [2.75, 3.05) is 7.11 Å². The molecule has 1 N–H and O–H groups in total. The maximum atomic E-state index is 11.9. The Kier molecular flexibility index (Phi) is 5.19. The third kappa shape index (κ3) is 4.12. The SMILES string of the molecule is COc1ccc(CNC(=O)[C@H](C)OC(=O)c2ccco2)cc1. The summed E-state index contributed by atoms with van der Waals surface area (Å²) >= 11 is 0. The first-order valence-electron chi connectivity index (χ1n) is 6.75. The van der Waals surface area contributed by atoms with Crippen LogP contribution in [0, 0.1) is 0 Å². The highest BCUT2D eigenvalue weighted by Crippen LogP contribution is 2.11. The quantitative estimate of drug-likeness (QED) is 0.827. The highest BCUT2D eigenvalue weighted by Gasteiger charge is 2.20. The smallest absolute Gasteiger partial charge is 0.374 e. The summed E-state index contributed by atoms with van der Waals surface area (Å²) in [6.45, 7) is 1.84. The lowest BCUT2D eigenvalue weighted by Crippen LogP contribution is -2.35. The van der Waals surface area contributed by atoms with Gasteiger partial charge in [-0.2, -0.15) is 0 Å². The number of esters is 1. The Bertz CT molecular complexity index is 618. The third-order valence-corrected chi connectivity index (χ3v) is 3.00. The lowest BCUT2D eigenvalue weighted by atomic mass is 10.2. The van der Waals surface area contributed by atoms with Gasteiger partial charge in [0.05, 0.1) is 13.4 Å². The minimum Gasteiger partial charge on any atom is -0.497 e. The fourth-order valence-corrected chi connectivity index (χ4v) is 1.74. The van der Waals surface area contributed by atoms with Gasteiger partial charge in [-0.3, -0.25) is 4.79 Å². The van der Waals surface area contributed by atoms with Crippen molar-refractivity contribution in [2.45, 2.75) is 19.6 Å². The van der Waals surface area contributed by atoms with Gasteiger partial charge in [-0.1, -0.05) is 12.1 Å². The first-order valence-corrected chi connectivity index (χ1v) is 6.75. The molecule has 0 bridgehead atoms. The number of carbonyl (C=O) groups is 2. The van der Waals surface area contributed by atoms with E-state index in [1.165, 1.54) is 19.3 Å². The summed E-state index contributed by atoms with van der Waals surface area (Å²) in [6, 6.07) is 10.4. The molecule has 0 aliphatic rings. The molecule has 22 heavy (non-hydrogen) atoms. The van der Waals surface area contributed by atoms with Gasteiger partial charge in [-0.05, 0) is 36.8 Å². The second-order valence-corrected chi connectivity index (χ2v) is 4.59. The van der Waals surface area contributed by atoms with Crippen molar-refractivity contribution in [1.29, 1.82) is 0 Å². The van der Waals surface area contributed by atoms with E-state index in [-0.39, 0.29) is 11.7 Å². The van der Waals surface area contributed by atoms with Crippen LogP contribution in [0.3, 0.4) is 0 Å². The second kappa shape index (κ2) is 7.31. The van der Waals surface area contributed by atoms with E-state index in [0.29, 0.717) is 6.54 Å². The monoisotopic (exact) mass is 303 g/mol. The molecule has 0 aliphatic carbocycles. The summed E-state index contributed by atoms with van der Waals surface area (Å²) in [4.78, 5) is 23.6. The van der Waals surface area contributed by atoms with E-state index in [4.69, 9.17) is 13.9 Å². The van der Waals surface area contributed by atoms with Crippen LogP contribution in [-0.4, -0.2) is 25.1 Å². The van der Waals surface area contributed by atoms with Gasteiger partial charge >= 0.3 is 5.97 Å². The number of methoxy groups -OCH3 is 1. The Balaban J connectivity index is 1.82. The largest absolute Gasteiger partial charge is 0.497 e. The number of benzene rings is 1. The molecule has 1 heterocycles. The molecule has 2 rings (SSSR count). The van der Waals surface area contributed by atoms with E-state index in [2.05, 4.69) is 5.32 Å². The topological polar surface area (TPSA) is 77.8 Å². The number of carbonyl (C=O) groups excluding carboxylic acids is 2. The Labute approximate surface area is 128 Å². The minimum absolute atomic E-state index is 0.0646. The zero-order valence-corrected chi connectivity index (χ0v) is 12.4. The summed E-state index contributed by atoms with van der Waals surface area (Å²) in [6.07, 6.45) is 0.459. The standard InChI is InChI=1S/C16H17NO5/c1-11(22-16(19)14-4-3-9-21-14)15(18)17-10-12-5-7-13(20-2)8-6-12/h3-9,11H,10H2,1-2H3,(H,17,18)/t11-/m0/s1. The van der Waals surface area contributed by atoms with Gasteiger partial charge in [-0.15, -0.1) is 0 Å². The zero-order chi connectivity index (χ0) is 15.9. The van der Waals surface area contributed by atoms with Crippen LogP contribution < -0.4 is 10.1 Å². The van der Waals surface area contributed by atoms with Crippen LogP contribution in [-0.2, 0) is 16.1 Å². The van der Waals surface area contributed by atoms with Gasteiger partial charge in [0, 0.05) is 6.54 Å². The highest BCUT2D eigenvalue weighted by molar-refractivity contribution is 5.89. The van der Waals surface area contributed by atoms with E-state index in [9.17, 15) is 9.59 Å². The molecule has 0 unspecified atom stereocenters. The van der Waals surface area contributed by atoms with Crippen LogP contribution in [0.4, 0.5) is 0 Å². The molecule has 0 saturated carbocycles. The van der Waals surface area contributed by atoms with Crippen LogP contribution in [0.15, 0.2) is 47.1 Å². The summed E-state index contributed by atoms with van der Waals surface area (Å²) in [7, 11) is 1.59. The second-order valence-electron chi connectivity index (χ2n) is 4.59. The first-order chi connectivity index (χ1) is 10.6. The molecule has 1 amide bonds. The molecule has 0 saturated heterocycles. The molecule has 1 atom stereocenters. The maximum absolute atomic E-state index is 11.9. The molecular formula is C16H17NO5. The van der Waals surface area contributed by atoms with Crippen molar-refractivity contribution in [1.82, 2.24) is 5.32 Å². The van der Waals surface area contributed by atoms with E-state index < -0.39 is 12.1 Å². The molecule has 6 heteroatoms. The van der Waals surface area contributed by atoms with Crippen molar-refractivity contribution >= 4 is 11.9 Å². The first kappa shape index (κ1) is 15.6. The van der Waals surface area contributed by atoms with E-state index in [1.807, 2.05) is 24.3 Å². The number of hydrogen-bond donors (Lipinski definition) is 1. The lowest BCUT2D eigenvalue weighted by molar-refractivity contribution is -0.129. The number of furan rings is 1. The fourth-order valence-electron chi connectivity index (χ4n) is 1.74. The van der Waals surface area contributed by atoms with Gasteiger partial charge < -0.3 is 19.2 Å². The van der Waals surface area contributed by atoms with E-state index >= 15 is 0 Å². The molecule has 0 aliphatic heterocycles. The summed E-state index contributed by atoms with van der Waals surface area (Å²) in [5.74, 6) is -0.238. The average molecular weight is 303 g/mol. The van der Waals surface area contributed by atoms with Crippen LogP contribution >= 0.6 is 0 Å². The van der Waals surface area contributed by atoms with Crippen LogP contribution in [0.5, 0.6) is 5.75 Å². The number of rotatable bonds is 6. The molecule has 6 nitrogen and oxygen atoms in total. The van der Waals surface area contributed by atoms with E-state index in [0.717, 1.165) is 11.3 Å². The van der Waals surface area contributed by atoms with E-state index in [1.54, 1.807) is 13.2 Å². The van der Waals surface area contributed by atoms with Gasteiger partial charge in [0.2, 0.25) is 5.76 Å². The van der Waals surface area contributed by atoms with Crippen molar-refractivity contribution < 1.29 is 23.5 Å². The van der Waals surface area contributed by atoms with Gasteiger partial charge in [0.25, 0.3) is 5.91 Å². The lowest BCUT2D eigenvalue weighted by Gasteiger charge is -2.12. The third-order valence-electron chi connectivity index (χ3n) is 3.00. The van der Waals surface area contributed by atoms with Crippen molar-refractivity contribution in [3.63, 3.8) is 0 Å². The minimum atomic E-state index is -0.907. The highest BCUT2D eigenvalue weighted by atomic mass is 16.6. The molecule has 1 aromatic carbocycles. The predicted molar refractivity (Wildman–Crippen MR) is 78.4 cm³/mol. The molecule has 1 aromatic heterocycles. The average Bonchev–Trinajstić information content (AvgIpc) is 3.07. The number of ether oxygens (including phenoxy) is 2. The molecule has 116 valence electrons. The molecule has 0 fully saturated rings. The van der Waals surface area contributed by atoms with Crippen molar-refractivity contribution in [3.05, 3.63) is 54.0 Å². The van der Waals surface area contributed by atoms with Crippen LogP contribution in [0.25, 0.3) is 0 Å². The fraction of sp³-hybridized carbons (Fsp3) is 0.250. The molecule has 0 radical (unpaired) electrons. The van der Waals surface area contributed by atoms with Crippen LogP contribution in [0.1, 0.15) is 23.0 Å². The summed E-state index contributed by atoms with van der Waals surface area (Å²) in [5, 5.41) is 2.70. The Morgan fingerprint density at radius 1 is 1.23 bits per heavy atom. The summed E-state index contributed by atoms with van der Waals surface area (Å²) < 4.78 is 15.0. The number of amides is 1. The van der Waals surface area contributed by atoms with Gasteiger partial charge in [0.1, 0.15) is 5.75 Å². The molecule has 0 spiro atoms. The van der Waals surface area contributed by atoms with Crippen LogP contribution in [0.2, 0.25) is 0 Å². The normalized spacial score (nSPS) is 11.5. The predicted octanol–water partition coefficient (Wildman–Crippen LogP) is 2.15. The number of nitrogens with one attached hydrogen (secondary N) is 1. The summed E-state index contributed by atoms with van der Waals surface area (Å²) in [5.41, 5.74) is 0.915. The Morgan fingerprint density at radius 3 is 2.55 bits per heavy atom. The Morgan fingerprint density at radius 2 is 1.95 bits per heavy atom. The van der Waals surface area contributed by atoms with Crippen molar-refractivity contribution in [2.24, 2.45) is 0 Å². The molecular weight excluding hydrogens is 286 g/mol. The maximum Gasteiger partial charge on any atom is 0.374 e. The Hall–Kier alpha value is -2.76. The molecule has 2 aromatic rings. The zero-order valence-electron chi connectivity index (χ0n) is 12.4. The van der Waals surface area contributed by atoms with Crippen molar-refractivity contribution in [3.8, 4) is 5.75 Å². The van der Waals surface area contributed by atoms with Gasteiger partial charge in [0.15, 0.2) is 6.10 Å². The number of hydrogen-bond acceptors (Lipinski definition) is 5.